The Morgan fingerprint density at radius 2 is 2.08 bits per heavy atom. The van der Waals surface area contributed by atoms with Crippen LogP contribution in [0.3, 0.4) is 0 Å². The third-order valence-corrected chi connectivity index (χ3v) is 1.86. The highest BCUT2D eigenvalue weighted by molar-refractivity contribution is 4.65. The van der Waals surface area contributed by atoms with E-state index in [1.54, 1.807) is 7.11 Å². The predicted molar refractivity (Wildman–Crippen MR) is 44.8 cm³/mol. The first-order chi connectivity index (χ1) is 5.93. The zero-order chi connectivity index (χ0) is 8.65. The Kier molecular flexibility index (Phi) is 5.27. The Labute approximate surface area is 73.1 Å². The first kappa shape index (κ1) is 9.92. The molecule has 1 fully saturated rings. The Bertz CT molecular complexity index is 104. The molecule has 0 saturated carbocycles. The SMILES string of the molecule is COCCONC1CCOCC1. The maximum absolute atomic E-state index is 5.21. The van der Waals surface area contributed by atoms with Gasteiger partial charge in [-0.3, -0.25) is 4.84 Å². The van der Waals surface area contributed by atoms with Gasteiger partial charge in [0.2, 0.25) is 0 Å². The van der Waals surface area contributed by atoms with E-state index in [-0.39, 0.29) is 0 Å². The molecule has 1 heterocycles. The van der Waals surface area contributed by atoms with Crippen LogP contribution in [0.1, 0.15) is 12.8 Å². The molecule has 4 heteroatoms. The van der Waals surface area contributed by atoms with Crippen molar-refractivity contribution >= 4 is 0 Å². The molecule has 0 aromatic heterocycles. The van der Waals surface area contributed by atoms with Crippen LogP contribution in [0, 0.1) is 0 Å². The second-order valence-electron chi connectivity index (χ2n) is 2.85. The third-order valence-electron chi connectivity index (χ3n) is 1.86. The van der Waals surface area contributed by atoms with Crippen LogP contribution in [0.5, 0.6) is 0 Å². The van der Waals surface area contributed by atoms with Crippen LogP contribution < -0.4 is 5.48 Å². The first-order valence-corrected chi connectivity index (χ1v) is 4.37. The molecule has 1 rings (SSSR count). The summed E-state index contributed by atoms with van der Waals surface area (Å²) in [6.45, 7) is 2.92. The Morgan fingerprint density at radius 1 is 1.33 bits per heavy atom. The number of rotatable bonds is 5. The molecule has 0 bridgehead atoms. The Hall–Kier alpha value is -0.160. The van der Waals surface area contributed by atoms with Gasteiger partial charge in [0, 0.05) is 26.4 Å². The molecule has 72 valence electrons. The van der Waals surface area contributed by atoms with Gasteiger partial charge >= 0.3 is 0 Å². The minimum atomic E-state index is 0.454. The van der Waals surface area contributed by atoms with Crippen molar-refractivity contribution in [2.24, 2.45) is 0 Å². The summed E-state index contributed by atoms with van der Waals surface area (Å²) in [7, 11) is 1.66. The quantitative estimate of drug-likeness (QED) is 0.483. The number of nitrogens with one attached hydrogen (secondary N) is 1. The van der Waals surface area contributed by atoms with Gasteiger partial charge in [-0.2, -0.15) is 5.48 Å². The van der Waals surface area contributed by atoms with Crippen molar-refractivity contribution in [3.05, 3.63) is 0 Å². The summed E-state index contributed by atoms with van der Waals surface area (Å²) < 4.78 is 10.0. The fourth-order valence-corrected chi connectivity index (χ4v) is 1.12. The molecule has 1 aliphatic rings. The van der Waals surface area contributed by atoms with Gasteiger partial charge in [-0.25, -0.2) is 0 Å². The number of methoxy groups -OCH3 is 1. The standard InChI is InChI=1S/C8H17NO3/c1-10-6-7-12-9-8-2-4-11-5-3-8/h8-9H,2-7H2,1H3. The monoisotopic (exact) mass is 175 g/mol. The van der Waals surface area contributed by atoms with Crippen LogP contribution in [0.2, 0.25) is 0 Å². The number of hydroxylamine groups is 1. The minimum Gasteiger partial charge on any atom is -0.382 e. The first-order valence-electron chi connectivity index (χ1n) is 4.37. The van der Waals surface area contributed by atoms with Crippen molar-refractivity contribution < 1.29 is 14.3 Å². The van der Waals surface area contributed by atoms with Crippen molar-refractivity contribution in [1.29, 1.82) is 0 Å². The lowest BCUT2D eigenvalue weighted by Gasteiger charge is -2.22. The fourth-order valence-electron chi connectivity index (χ4n) is 1.12. The molecule has 0 aromatic carbocycles. The van der Waals surface area contributed by atoms with E-state index in [2.05, 4.69) is 5.48 Å². The van der Waals surface area contributed by atoms with E-state index < -0.39 is 0 Å². The second kappa shape index (κ2) is 6.37. The summed E-state index contributed by atoms with van der Waals surface area (Å²) in [4.78, 5) is 5.18. The van der Waals surface area contributed by atoms with E-state index in [9.17, 15) is 0 Å². The van der Waals surface area contributed by atoms with Gasteiger partial charge in [0.15, 0.2) is 0 Å². The van der Waals surface area contributed by atoms with E-state index in [1.165, 1.54) is 0 Å². The van der Waals surface area contributed by atoms with Crippen LogP contribution in [0.25, 0.3) is 0 Å². The van der Waals surface area contributed by atoms with Gasteiger partial charge in [-0.05, 0) is 12.8 Å². The van der Waals surface area contributed by atoms with Gasteiger partial charge in [0.05, 0.1) is 13.2 Å². The van der Waals surface area contributed by atoms with Crippen molar-refractivity contribution in [2.75, 3.05) is 33.5 Å². The van der Waals surface area contributed by atoms with Crippen molar-refractivity contribution in [1.82, 2.24) is 5.48 Å². The third kappa shape index (κ3) is 4.01. The van der Waals surface area contributed by atoms with E-state index in [1.807, 2.05) is 0 Å². The lowest BCUT2D eigenvalue weighted by Crippen LogP contribution is -2.35. The Morgan fingerprint density at radius 3 is 2.75 bits per heavy atom. The van der Waals surface area contributed by atoms with Gasteiger partial charge in [0.1, 0.15) is 0 Å². The molecule has 0 aromatic rings. The molecule has 0 radical (unpaired) electrons. The molecule has 1 aliphatic heterocycles. The largest absolute Gasteiger partial charge is 0.382 e. The topological polar surface area (TPSA) is 39.7 Å². The van der Waals surface area contributed by atoms with Crippen molar-refractivity contribution in [2.45, 2.75) is 18.9 Å². The molecular weight excluding hydrogens is 158 g/mol. The van der Waals surface area contributed by atoms with Gasteiger partial charge in [-0.1, -0.05) is 0 Å². The van der Waals surface area contributed by atoms with Crippen molar-refractivity contribution in [3.63, 3.8) is 0 Å². The highest BCUT2D eigenvalue weighted by Gasteiger charge is 2.12. The molecule has 1 saturated heterocycles. The molecule has 1 N–H and O–H groups in total. The molecule has 4 nitrogen and oxygen atoms in total. The van der Waals surface area contributed by atoms with Crippen LogP contribution in [-0.2, 0) is 14.3 Å². The van der Waals surface area contributed by atoms with Gasteiger partial charge in [-0.15, -0.1) is 0 Å². The van der Waals surface area contributed by atoms with E-state index in [4.69, 9.17) is 14.3 Å². The average molecular weight is 175 g/mol. The maximum atomic E-state index is 5.21. The molecule has 0 amide bonds. The van der Waals surface area contributed by atoms with Crippen molar-refractivity contribution in [3.8, 4) is 0 Å². The molecule has 12 heavy (non-hydrogen) atoms. The summed E-state index contributed by atoms with van der Waals surface area (Å²) in [5.74, 6) is 0. The number of hydrogen-bond acceptors (Lipinski definition) is 4. The number of ether oxygens (including phenoxy) is 2. The molecule has 0 unspecified atom stereocenters. The Balaban J connectivity index is 1.91. The minimum absolute atomic E-state index is 0.454. The van der Waals surface area contributed by atoms with Crippen LogP contribution >= 0.6 is 0 Å². The average Bonchev–Trinajstić information content (AvgIpc) is 2.14. The van der Waals surface area contributed by atoms with Crippen LogP contribution in [0.15, 0.2) is 0 Å². The summed E-state index contributed by atoms with van der Waals surface area (Å²) in [5.41, 5.74) is 3.00. The zero-order valence-corrected chi connectivity index (χ0v) is 7.54. The molecule has 0 atom stereocenters. The summed E-state index contributed by atoms with van der Waals surface area (Å²) in [6.07, 6.45) is 2.07. The summed E-state index contributed by atoms with van der Waals surface area (Å²) >= 11 is 0. The zero-order valence-electron chi connectivity index (χ0n) is 7.54. The van der Waals surface area contributed by atoms with Gasteiger partial charge < -0.3 is 9.47 Å². The lowest BCUT2D eigenvalue weighted by molar-refractivity contribution is -0.0375. The molecule has 0 aliphatic carbocycles. The predicted octanol–water partition coefficient (Wildman–Crippen LogP) is 0.333. The van der Waals surface area contributed by atoms with Crippen LogP contribution in [-0.4, -0.2) is 39.6 Å². The van der Waals surface area contributed by atoms with Crippen LogP contribution in [0.4, 0.5) is 0 Å². The van der Waals surface area contributed by atoms with Gasteiger partial charge in [0.25, 0.3) is 0 Å². The lowest BCUT2D eigenvalue weighted by atomic mass is 10.1. The second-order valence-corrected chi connectivity index (χ2v) is 2.85. The molecular formula is C8H17NO3. The molecule has 0 spiro atoms. The summed E-state index contributed by atoms with van der Waals surface area (Å²) in [6, 6.07) is 0.454. The highest BCUT2D eigenvalue weighted by Crippen LogP contribution is 2.05. The maximum Gasteiger partial charge on any atom is 0.0915 e. The fraction of sp³-hybridized carbons (Fsp3) is 1.00. The van der Waals surface area contributed by atoms with E-state index in [0.29, 0.717) is 19.3 Å². The van der Waals surface area contributed by atoms with E-state index >= 15 is 0 Å². The summed E-state index contributed by atoms with van der Waals surface area (Å²) in [5, 5.41) is 0. The number of hydrogen-bond donors (Lipinski definition) is 1. The van der Waals surface area contributed by atoms with E-state index in [0.717, 1.165) is 26.1 Å². The normalized spacial score (nSPS) is 19.8. The highest BCUT2D eigenvalue weighted by atomic mass is 16.7. The smallest absolute Gasteiger partial charge is 0.0915 e.